The van der Waals surface area contributed by atoms with Crippen LogP contribution in [0, 0.1) is 19.8 Å². The van der Waals surface area contributed by atoms with Crippen molar-refractivity contribution in [1.82, 2.24) is 4.90 Å². The van der Waals surface area contributed by atoms with Crippen LogP contribution >= 0.6 is 0 Å². The Balaban J connectivity index is 2.03. The molecule has 1 aliphatic heterocycles. The minimum Gasteiger partial charge on any atom is -0.481 e. The molecule has 0 bridgehead atoms. The minimum absolute atomic E-state index is 0.0764. The molecule has 1 aliphatic rings. The maximum absolute atomic E-state index is 12.6. The SMILES string of the molecule is Cc1ccc(C(=O)N2CCCC(CCC(=O)O)C2)c(C)c1. The fourth-order valence-corrected chi connectivity index (χ4v) is 3.04. The Morgan fingerprint density at radius 2 is 2.10 bits per heavy atom. The van der Waals surface area contributed by atoms with Crippen LogP contribution in [0.5, 0.6) is 0 Å². The van der Waals surface area contributed by atoms with Crippen molar-refractivity contribution in [2.24, 2.45) is 5.92 Å². The summed E-state index contributed by atoms with van der Waals surface area (Å²) in [6, 6.07) is 5.89. The number of carbonyl (C=O) groups excluding carboxylic acids is 1. The van der Waals surface area contributed by atoms with Gasteiger partial charge in [0.05, 0.1) is 0 Å². The molecule has 1 heterocycles. The first kappa shape index (κ1) is 15.5. The average molecular weight is 289 g/mol. The van der Waals surface area contributed by atoms with Crippen molar-refractivity contribution in [1.29, 1.82) is 0 Å². The van der Waals surface area contributed by atoms with Gasteiger partial charge in [0.25, 0.3) is 5.91 Å². The normalized spacial score (nSPS) is 18.6. The third kappa shape index (κ3) is 4.06. The van der Waals surface area contributed by atoms with Gasteiger partial charge in [0.2, 0.25) is 0 Å². The molecular formula is C17H23NO3. The smallest absolute Gasteiger partial charge is 0.303 e. The van der Waals surface area contributed by atoms with Gasteiger partial charge in [-0.15, -0.1) is 0 Å². The molecule has 4 nitrogen and oxygen atoms in total. The molecule has 1 atom stereocenters. The topological polar surface area (TPSA) is 57.6 Å². The van der Waals surface area contributed by atoms with Gasteiger partial charge < -0.3 is 10.0 Å². The summed E-state index contributed by atoms with van der Waals surface area (Å²) in [5, 5.41) is 8.78. The number of likely N-dealkylation sites (tertiary alicyclic amines) is 1. The highest BCUT2D eigenvalue weighted by molar-refractivity contribution is 5.95. The third-order valence-corrected chi connectivity index (χ3v) is 4.18. The fraction of sp³-hybridized carbons (Fsp3) is 0.529. The number of aryl methyl sites for hydroxylation is 2. The number of hydrogen-bond acceptors (Lipinski definition) is 2. The van der Waals surface area contributed by atoms with Gasteiger partial charge in [-0.2, -0.15) is 0 Å². The maximum atomic E-state index is 12.6. The van der Waals surface area contributed by atoms with E-state index in [1.165, 1.54) is 0 Å². The summed E-state index contributed by atoms with van der Waals surface area (Å²) in [4.78, 5) is 25.2. The molecule has 1 unspecified atom stereocenters. The summed E-state index contributed by atoms with van der Waals surface area (Å²) in [5.41, 5.74) is 2.93. The molecule has 114 valence electrons. The van der Waals surface area contributed by atoms with Gasteiger partial charge in [-0.3, -0.25) is 9.59 Å². The first-order valence-electron chi connectivity index (χ1n) is 7.55. The van der Waals surface area contributed by atoms with Crippen LogP contribution in [0.3, 0.4) is 0 Å². The standard InChI is InChI=1S/C17H23NO3/c1-12-5-7-15(13(2)10-12)17(21)18-9-3-4-14(11-18)6-8-16(19)20/h5,7,10,14H,3-4,6,8-9,11H2,1-2H3,(H,19,20). The Bertz CT molecular complexity index is 539. The summed E-state index contributed by atoms with van der Waals surface area (Å²) in [7, 11) is 0. The Hall–Kier alpha value is -1.84. The number of hydrogen-bond donors (Lipinski definition) is 1. The summed E-state index contributed by atoms with van der Waals surface area (Å²) in [6.07, 6.45) is 2.83. The monoisotopic (exact) mass is 289 g/mol. The van der Waals surface area contributed by atoms with Crippen molar-refractivity contribution in [3.8, 4) is 0 Å². The predicted octanol–water partition coefficient (Wildman–Crippen LogP) is 3.02. The first-order chi connectivity index (χ1) is 9.97. The number of nitrogens with zero attached hydrogens (tertiary/aromatic N) is 1. The van der Waals surface area contributed by atoms with Gasteiger partial charge in [0.1, 0.15) is 0 Å². The number of benzene rings is 1. The highest BCUT2D eigenvalue weighted by atomic mass is 16.4. The number of aliphatic carboxylic acids is 1. The molecule has 0 saturated carbocycles. The van der Waals surface area contributed by atoms with Gasteiger partial charge in [-0.25, -0.2) is 0 Å². The van der Waals surface area contributed by atoms with Crippen molar-refractivity contribution in [3.05, 3.63) is 34.9 Å². The summed E-state index contributed by atoms with van der Waals surface area (Å²) >= 11 is 0. The highest BCUT2D eigenvalue weighted by Crippen LogP contribution is 2.23. The molecule has 1 fully saturated rings. The van der Waals surface area contributed by atoms with Crippen molar-refractivity contribution in [2.75, 3.05) is 13.1 Å². The van der Waals surface area contributed by atoms with E-state index < -0.39 is 5.97 Å². The van der Waals surface area contributed by atoms with Gasteiger partial charge in [-0.05, 0) is 50.7 Å². The summed E-state index contributed by atoms with van der Waals surface area (Å²) in [5.74, 6) is -0.370. The van der Waals surface area contributed by atoms with Gasteiger partial charge in [0.15, 0.2) is 0 Å². The van der Waals surface area contributed by atoms with Gasteiger partial charge >= 0.3 is 5.97 Å². The Labute approximate surface area is 125 Å². The lowest BCUT2D eigenvalue weighted by molar-refractivity contribution is -0.137. The molecule has 0 spiro atoms. The van der Waals surface area contributed by atoms with Crippen LogP contribution in [0.15, 0.2) is 18.2 Å². The van der Waals surface area contributed by atoms with Gasteiger partial charge in [-0.1, -0.05) is 17.7 Å². The number of carbonyl (C=O) groups is 2. The van der Waals surface area contributed by atoms with Gasteiger partial charge in [0, 0.05) is 25.1 Å². The lowest BCUT2D eigenvalue weighted by Gasteiger charge is -2.33. The van der Waals surface area contributed by atoms with E-state index in [1.807, 2.05) is 36.9 Å². The Morgan fingerprint density at radius 3 is 2.76 bits per heavy atom. The number of rotatable bonds is 4. The molecule has 1 amide bonds. The van der Waals surface area contributed by atoms with Crippen LogP contribution < -0.4 is 0 Å². The molecule has 1 N–H and O–H groups in total. The third-order valence-electron chi connectivity index (χ3n) is 4.18. The van der Waals surface area contributed by atoms with Crippen molar-refractivity contribution < 1.29 is 14.7 Å². The van der Waals surface area contributed by atoms with Crippen LogP contribution in [-0.4, -0.2) is 35.0 Å². The summed E-state index contributed by atoms with van der Waals surface area (Å²) in [6.45, 7) is 5.44. The van der Waals surface area contributed by atoms with E-state index in [-0.39, 0.29) is 12.3 Å². The van der Waals surface area contributed by atoms with Crippen molar-refractivity contribution in [3.63, 3.8) is 0 Å². The predicted molar refractivity (Wildman–Crippen MR) is 81.4 cm³/mol. The lowest BCUT2D eigenvalue weighted by atomic mass is 9.92. The van der Waals surface area contributed by atoms with Crippen LogP contribution in [-0.2, 0) is 4.79 Å². The molecule has 4 heteroatoms. The number of amides is 1. The van der Waals surface area contributed by atoms with E-state index in [4.69, 9.17) is 5.11 Å². The lowest BCUT2D eigenvalue weighted by Crippen LogP contribution is -2.40. The molecule has 21 heavy (non-hydrogen) atoms. The quantitative estimate of drug-likeness (QED) is 0.927. The van der Waals surface area contributed by atoms with Crippen molar-refractivity contribution >= 4 is 11.9 Å². The average Bonchev–Trinajstić information content (AvgIpc) is 2.45. The fourth-order valence-electron chi connectivity index (χ4n) is 3.04. The number of carboxylic acid groups (broad SMARTS) is 1. The molecule has 1 aromatic rings. The molecule has 2 rings (SSSR count). The molecule has 0 aliphatic carbocycles. The molecule has 0 radical (unpaired) electrons. The van der Waals surface area contributed by atoms with Crippen LogP contribution in [0.4, 0.5) is 0 Å². The second-order valence-corrected chi connectivity index (χ2v) is 6.01. The van der Waals surface area contributed by atoms with E-state index in [0.29, 0.717) is 18.9 Å². The first-order valence-corrected chi connectivity index (χ1v) is 7.55. The Kier molecular flexibility index (Phi) is 4.99. The Morgan fingerprint density at radius 1 is 1.33 bits per heavy atom. The zero-order valence-electron chi connectivity index (χ0n) is 12.8. The van der Waals surface area contributed by atoms with E-state index >= 15 is 0 Å². The molecule has 1 aromatic carbocycles. The maximum Gasteiger partial charge on any atom is 0.303 e. The van der Waals surface area contributed by atoms with E-state index in [0.717, 1.165) is 36.1 Å². The zero-order valence-corrected chi connectivity index (χ0v) is 12.8. The second-order valence-electron chi connectivity index (χ2n) is 6.01. The zero-order chi connectivity index (χ0) is 15.4. The number of piperidine rings is 1. The van der Waals surface area contributed by atoms with Crippen molar-refractivity contribution in [2.45, 2.75) is 39.5 Å². The van der Waals surface area contributed by atoms with Crippen LogP contribution in [0.2, 0.25) is 0 Å². The van der Waals surface area contributed by atoms with E-state index in [1.54, 1.807) is 0 Å². The van der Waals surface area contributed by atoms with E-state index in [9.17, 15) is 9.59 Å². The van der Waals surface area contributed by atoms with Crippen LogP contribution in [0.25, 0.3) is 0 Å². The largest absolute Gasteiger partial charge is 0.481 e. The van der Waals surface area contributed by atoms with Crippen LogP contribution in [0.1, 0.15) is 47.2 Å². The second kappa shape index (κ2) is 6.74. The highest BCUT2D eigenvalue weighted by Gasteiger charge is 2.25. The molecule has 1 saturated heterocycles. The van der Waals surface area contributed by atoms with E-state index in [2.05, 4.69) is 0 Å². The molecule has 0 aromatic heterocycles. The number of carboxylic acids is 1. The summed E-state index contributed by atoms with van der Waals surface area (Å²) < 4.78 is 0. The minimum atomic E-state index is -0.757. The molecular weight excluding hydrogens is 266 g/mol.